The number of hydrogen-bond acceptors (Lipinski definition) is 4. The Morgan fingerprint density at radius 1 is 1.00 bits per heavy atom. The second-order valence-electron chi connectivity index (χ2n) is 5.76. The molecule has 0 saturated heterocycles. The number of nitrogens with two attached hydrogens (primary N) is 1. The minimum Gasteiger partial charge on any atom is -0.383 e. The highest BCUT2D eigenvalue weighted by Crippen LogP contribution is 2.32. The number of para-hydroxylation sites is 1. The maximum atomic E-state index is 13.0. The number of rotatable bonds is 2. The van der Waals surface area contributed by atoms with Crippen LogP contribution >= 0.6 is 15.9 Å². The normalized spacial score (nSPS) is 15.8. The molecule has 0 aliphatic carbocycles. The summed E-state index contributed by atoms with van der Waals surface area (Å²) in [4.78, 5) is 25.9. The van der Waals surface area contributed by atoms with Crippen molar-refractivity contribution in [3.05, 3.63) is 91.2 Å². The topological polar surface area (TPSA) is 98.7 Å². The van der Waals surface area contributed by atoms with E-state index in [0.717, 1.165) is 13.7 Å². The number of allylic oxidation sites excluding steroid dienone is 1. The molecule has 8 heteroatoms. The van der Waals surface area contributed by atoms with Gasteiger partial charge in [-0.05, 0) is 29.8 Å². The van der Waals surface area contributed by atoms with Gasteiger partial charge in [-0.1, -0.05) is 46.3 Å². The van der Waals surface area contributed by atoms with Gasteiger partial charge < -0.3 is 5.73 Å². The molecule has 0 fully saturated rings. The summed E-state index contributed by atoms with van der Waals surface area (Å²) in [6, 6.07) is 17.1. The van der Waals surface area contributed by atoms with Crippen molar-refractivity contribution < 1.29 is 0 Å². The average Bonchev–Trinajstić information content (AvgIpc) is 3.09. The lowest BCUT2D eigenvalue weighted by atomic mass is 10.0. The van der Waals surface area contributed by atoms with E-state index < -0.39 is 17.4 Å². The van der Waals surface area contributed by atoms with Crippen LogP contribution in [0.2, 0.25) is 0 Å². The van der Waals surface area contributed by atoms with Gasteiger partial charge in [0.1, 0.15) is 23.5 Å². The maximum Gasteiger partial charge on any atom is 0.358 e. The third-order valence-electron chi connectivity index (χ3n) is 4.32. The van der Waals surface area contributed by atoms with Gasteiger partial charge in [0.15, 0.2) is 0 Å². The fraction of sp³-hybridized carbons (Fsp3) is 0.0556. The Morgan fingerprint density at radius 2 is 1.65 bits per heavy atom. The Balaban J connectivity index is 2.03. The Kier molecular flexibility index (Phi) is 3.67. The number of nitrogens with zero attached hydrogens (tertiary/aromatic N) is 4. The Hall–Kier alpha value is -3.31. The first-order valence-electron chi connectivity index (χ1n) is 7.72. The SMILES string of the molecule is N#CC1=C(N)n2c(=O)n(-c3ccccc3)c(=O)n2C1c1ccc(Br)cc1. The van der Waals surface area contributed by atoms with Gasteiger partial charge in [0.05, 0.1) is 5.69 Å². The van der Waals surface area contributed by atoms with Crippen molar-refractivity contribution in [3.63, 3.8) is 0 Å². The fourth-order valence-corrected chi connectivity index (χ4v) is 3.41. The smallest absolute Gasteiger partial charge is 0.358 e. The molecule has 4 rings (SSSR count). The van der Waals surface area contributed by atoms with Crippen LogP contribution in [0.5, 0.6) is 0 Å². The minimum absolute atomic E-state index is 0.0304. The van der Waals surface area contributed by atoms with E-state index in [1.807, 2.05) is 6.07 Å². The molecule has 1 aliphatic rings. The number of fused-ring (bicyclic) bond motifs is 1. The lowest BCUT2D eigenvalue weighted by molar-refractivity contribution is 0.554. The second kappa shape index (κ2) is 5.89. The van der Waals surface area contributed by atoms with Crippen LogP contribution in [0.1, 0.15) is 11.6 Å². The van der Waals surface area contributed by atoms with Crippen molar-refractivity contribution in [2.45, 2.75) is 6.04 Å². The molecule has 2 N–H and O–H groups in total. The number of aromatic nitrogens is 3. The molecule has 0 bridgehead atoms. The first kappa shape index (κ1) is 16.2. The third-order valence-corrected chi connectivity index (χ3v) is 4.85. The minimum atomic E-state index is -0.752. The van der Waals surface area contributed by atoms with Crippen molar-refractivity contribution in [1.82, 2.24) is 13.9 Å². The second-order valence-corrected chi connectivity index (χ2v) is 6.67. The van der Waals surface area contributed by atoms with Crippen molar-refractivity contribution in [2.75, 3.05) is 0 Å². The zero-order valence-corrected chi connectivity index (χ0v) is 14.9. The van der Waals surface area contributed by atoms with Gasteiger partial charge >= 0.3 is 11.4 Å². The van der Waals surface area contributed by atoms with E-state index in [9.17, 15) is 14.9 Å². The van der Waals surface area contributed by atoms with Gasteiger partial charge in [-0.25, -0.2) is 18.8 Å². The van der Waals surface area contributed by atoms with Crippen LogP contribution in [0.15, 0.2) is 74.2 Å². The molecule has 1 atom stereocenters. The Bertz CT molecular complexity index is 1190. The molecule has 7 nitrogen and oxygen atoms in total. The third kappa shape index (κ3) is 2.18. The predicted octanol–water partition coefficient (Wildman–Crippen LogP) is 1.82. The molecule has 2 heterocycles. The Labute approximate surface area is 155 Å². The molecular weight excluding hydrogens is 398 g/mol. The predicted molar refractivity (Wildman–Crippen MR) is 99.6 cm³/mol. The van der Waals surface area contributed by atoms with Crippen molar-refractivity contribution >= 4 is 21.8 Å². The van der Waals surface area contributed by atoms with E-state index in [0.29, 0.717) is 11.3 Å². The summed E-state index contributed by atoms with van der Waals surface area (Å²) in [5.74, 6) is -0.0304. The summed E-state index contributed by atoms with van der Waals surface area (Å²) in [5, 5.41) is 9.55. The molecule has 1 unspecified atom stereocenters. The van der Waals surface area contributed by atoms with E-state index in [4.69, 9.17) is 5.73 Å². The number of hydrogen-bond donors (Lipinski definition) is 1. The van der Waals surface area contributed by atoms with Gasteiger partial charge in [0.25, 0.3) is 0 Å². The van der Waals surface area contributed by atoms with E-state index in [1.165, 1.54) is 4.68 Å². The van der Waals surface area contributed by atoms with Crippen molar-refractivity contribution in [2.24, 2.45) is 5.73 Å². The standard InChI is InChI=1S/C18H12BrN5O2/c19-12-8-6-11(7-9-12)15-14(10-20)16(21)24-18(26)22(17(25)23(15)24)13-4-2-1-3-5-13/h1-9,15H,21H2. The van der Waals surface area contributed by atoms with Crippen LogP contribution in [-0.4, -0.2) is 13.9 Å². The molecule has 1 aliphatic heterocycles. The fourth-order valence-electron chi connectivity index (χ4n) is 3.15. The van der Waals surface area contributed by atoms with Gasteiger partial charge in [0, 0.05) is 4.47 Å². The molecule has 0 radical (unpaired) electrons. The number of halogens is 1. The highest BCUT2D eigenvalue weighted by atomic mass is 79.9. The van der Waals surface area contributed by atoms with Crippen LogP contribution < -0.4 is 17.1 Å². The summed E-state index contributed by atoms with van der Waals surface area (Å²) in [6.07, 6.45) is 0. The highest BCUT2D eigenvalue weighted by molar-refractivity contribution is 9.10. The zero-order chi connectivity index (χ0) is 18.4. The van der Waals surface area contributed by atoms with Crippen LogP contribution in [0.25, 0.3) is 11.5 Å². The van der Waals surface area contributed by atoms with Crippen LogP contribution in [0, 0.1) is 11.3 Å². The van der Waals surface area contributed by atoms with Gasteiger partial charge in [-0.15, -0.1) is 0 Å². The first-order chi connectivity index (χ1) is 12.5. The van der Waals surface area contributed by atoms with E-state index in [-0.39, 0.29) is 11.4 Å². The molecule has 26 heavy (non-hydrogen) atoms. The molecule has 2 aromatic carbocycles. The molecular formula is C18H12BrN5O2. The van der Waals surface area contributed by atoms with E-state index in [1.54, 1.807) is 54.6 Å². The van der Waals surface area contributed by atoms with Gasteiger partial charge in [-0.2, -0.15) is 9.94 Å². The first-order valence-corrected chi connectivity index (χ1v) is 8.51. The van der Waals surface area contributed by atoms with Crippen LogP contribution in [0.4, 0.5) is 0 Å². The number of benzene rings is 2. The summed E-state index contributed by atoms with van der Waals surface area (Å²) in [5.41, 5.74) is 6.20. The van der Waals surface area contributed by atoms with Crippen molar-refractivity contribution in [1.29, 1.82) is 5.26 Å². The molecule has 0 saturated carbocycles. The average molecular weight is 410 g/mol. The maximum absolute atomic E-state index is 13.0. The molecule has 128 valence electrons. The monoisotopic (exact) mass is 409 g/mol. The molecule has 1 aromatic heterocycles. The van der Waals surface area contributed by atoms with Crippen LogP contribution in [-0.2, 0) is 0 Å². The molecule has 0 amide bonds. The number of nitriles is 1. The van der Waals surface area contributed by atoms with Crippen molar-refractivity contribution in [3.8, 4) is 11.8 Å². The quantitative estimate of drug-likeness (QED) is 0.697. The summed E-state index contributed by atoms with van der Waals surface area (Å²) in [6.45, 7) is 0. The summed E-state index contributed by atoms with van der Waals surface area (Å²) >= 11 is 3.36. The lowest BCUT2D eigenvalue weighted by Crippen LogP contribution is -2.30. The molecule has 0 spiro atoms. The molecule has 3 aromatic rings. The highest BCUT2D eigenvalue weighted by Gasteiger charge is 2.36. The summed E-state index contributed by atoms with van der Waals surface area (Å²) in [7, 11) is 0. The van der Waals surface area contributed by atoms with Crippen LogP contribution in [0.3, 0.4) is 0 Å². The largest absolute Gasteiger partial charge is 0.383 e. The Morgan fingerprint density at radius 3 is 2.27 bits per heavy atom. The summed E-state index contributed by atoms with van der Waals surface area (Å²) < 4.78 is 4.21. The van der Waals surface area contributed by atoms with E-state index >= 15 is 0 Å². The van der Waals surface area contributed by atoms with E-state index in [2.05, 4.69) is 15.9 Å². The lowest BCUT2D eigenvalue weighted by Gasteiger charge is -2.12. The van der Waals surface area contributed by atoms with Gasteiger partial charge in [-0.3, -0.25) is 0 Å². The zero-order valence-electron chi connectivity index (χ0n) is 13.3. The van der Waals surface area contributed by atoms with Gasteiger partial charge in [0.2, 0.25) is 0 Å².